The maximum atomic E-state index is 12.4. The number of rotatable bonds is 9. The van der Waals surface area contributed by atoms with E-state index in [1.54, 1.807) is 12.1 Å². The SMILES string of the molecule is CCCCOc1ccc(C(=O)Nc2cc([N+](=O)[O-])c(OC)c([N+](=O)[O-])c2)cc1. The van der Waals surface area contributed by atoms with Gasteiger partial charge in [0.25, 0.3) is 11.7 Å². The summed E-state index contributed by atoms with van der Waals surface area (Å²) in [6, 6.07) is 8.33. The van der Waals surface area contributed by atoms with Gasteiger partial charge in [0.2, 0.25) is 0 Å². The van der Waals surface area contributed by atoms with Gasteiger partial charge in [-0.1, -0.05) is 13.3 Å². The van der Waals surface area contributed by atoms with Crippen LogP contribution in [0.1, 0.15) is 30.1 Å². The minimum atomic E-state index is -0.816. The average Bonchev–Trinajstić information content (AvgIpc) is 2.67. The maximum absolute atomic E-state index is 12.4. The number of methoxy groups -OCH3 is 1. The molecule has 0 saturated carbocycles. The van der Waals surface area contributed by atoms with Crippen molar-refractivity contribution in [2.75, 3.05) is 19.0 Å². The van der Waals surface area contributed by atoms with Crippen molar-refractivity contribution in [2.24, 2.45) is 0 Å². The average molecular weight is 389 g/mol. The van der Waals surface area contributed by atoms with Gasteiger partial charge in [-0.15, -0.1) is 0 Å². The lowest BCUT2D eigenvalue weighted by atomic mass is 10.2. The fraction of sp³-hybridized carbons (Fsp3) is 0.278. The van der Waals surface area contributed by atoms with Gasteiger partial charge in [0.15, 0.2) is 0 Å². The van der Waals surface area contributed by atoms with Crippen LogP contribution in [0, 0.1) is 20.2 Å². The topological polar surface area (TPSA) is 134 Å². The molecular weight excluding hydrogens is 370 g/mol. The van der Waals surface area contributed by atoms with Crippen LogP contribution in [0.4, 0.5) is 17.1 Å². The van der Waals surface area contributed by atoms with Crippen LogP contribution >= 0.6 is 0 Å². The number of anilines is 1. The third-order valence-electron chi connectivity index (χ3n) is 3.79. The third-order valence-corrected chi connectivity index (χ3v) is 3.79. The van der Waals surface area contributed by atoms with Crippen molar-refractivity contribution in [1.82, 2.24) is 0 Å². The first-order valence-corrected chi connectivity index (χ1v) is 8.42. The lowest BCUT2D eigenvalue weighted by Gasteiger charge is -2.09. The van der Waals surface area contributed by atoms with E-state index < -0.39 is 32.9 Å². The summed E-state index contributed by atoms with van der Waals surface area (Å²) in [5.41, 5.74) is -1.06. The quantitative estimate of drug-likeness (QED) is 0.390. The molecule has 0 unspecified atom stereocenters. The van der Waals surface area contributed by atoms with E-state index in [1.807, 2.05) is 6.92 Å². The summed E-state index contributed by atoms with van der Waals surface area (Å²) >= 11 is 0. The Hall–Kier alpha value is -3.69. The summed E-state index contributed by atoms with van der Waals surface area (Å²) in [6.45, 7) is 2.62. The van der Waals surface area contributed by atoms with Gasteiger partial charge in [0.05, 0.1) is 29.3 Å². The van der Waals surface area contributed by atoms with Gasteiger partial charge in [0.1, 0.15) is 5.75 Å². The third kappa shape index (κ3) is 4.93. The van der Waals surface area contributed by atoms with E-state index in [4.69, 9.17) is 9.47 Å². The fourth-order valence-electron chi connectivity index (χ4n) is 2.39. The molecule has 1 N–H and O–H groups in total. The smallest absolute Gasteiger partial charge is 0.320 e. The number of nitro benzene ring substituents is 2. The van der Waals surface area contributed by atoms with Crippen LogP contribution in [0.25, 0.3) is 0 Å². The van der Waals surface area contributed by atoms with Crippen LogP contribution in [-0.4, -0.2) is 29.5 Å². The van der Waals surface area contributed by atoms with E-state index in [0.717, 1.165) is 32.1 Å². The Labute approximate surface area is 160 Å². The van der Waals surface area contributed by atoms with Gasteiger partial charge in [-0.05, 0) is 30.7 Å². The fourth-order valence-corrected chi connectivity index (χ4v) is 2.39. The van der Waals surface area contributed by atoms with Gasteiger partial charge >= 0.3 is 11.4 Å². The van der Waals surface area contributed by atoms with Crippen molar-refractivity contribution in [3.63, 3.8) is 0 Å². The first-order chi connectivity index (χ1) is 13.4. The molecular formula is C18H19N3O7. The van der Waals surface area contributed by atoms with Crippen LogP contribution in [0.2, 0.25) is 0 Å². The predicted molar refractivity (Wildman–Crippen MR) is 101 cm³/mol. The normalized spacial score (nSPS) is 10.2. The molecule has 0 aliphatic rings. The molecule has 0 aliphatic heterocycles. The summed E-state index contributed by atoms with van der Waals surface area (Å²) in [5, 5.41) is 24.8. The molecule has 0 radical (unpaired) electrons. The highest BCUT2D eigenvalue weighted by Crippen LogP contribution is 2.39. The van der Waals surface area contributed by atoms with Gasteiger partial charge in [0, 0.05) is 17.7 Å². The van der Waals surface area contributed by atoms with Gasteiger partial charge in [-0.2, -0.15) is 0 Å². The zero-order chi connectivity index (χ0) is 20.7. The Morgan fingerprint density at radius 3 is 2.11 bits per heavy atom. The zero-order valence-corrected chi connectivity index (χ0v) is 15.3. The van der Waals surface area contributed by atoms with Crippen molar-refractivity contribution < 1.29 is 24.1 Å². The summed E-state index contributed by atoms with van der Waals surface area (Å²) in [6.07, 6.45) is 1.91. The van der Waals surface area contributed by atoms with Crippen LogP contribution in [0.15, 0.2) is 36.4 Å². The first-order valence-electron chi connectivity index (χ1n) is 8.42. The number of ether oxygens (including phenoxy) is 2. The maximum Gasteiger partial charge on any atom is 0.320 e. The van der Waals surface area contributed by atoms with E-state index in [-0.39, 0.29) is 11.3 Å². The van der Waals surface area contributed by atoms with Gasteiger partial charge in [-0.25, -0.2) is 0 Å². The molecule has 2 aromatic carbocycles. The second kappa shape index (κ2) is 9.31. The zero-order valence-electron chi connectivity index (χ0n) is 15.3. The van der Waals surface area contributed by atoms with E-state index in [0.29, 0.717) is 12.4 Å². The summed E-state index contributed by atoms with van der Waals surface area (Å²) < 4.78 is 10.3. The number of carbonyl (C=O) groups is 1. The van der Waals surface area contributed by atoms with Gasteiger partial charge < -0.3 is 14.8 Å². The van der Waals surface area contributed by atoms with Crippen LogP contribution in [0.5, 0.6) is 11.5 Å². The number of benzene rings is 2. The van der Waals surface area contributed by atoms with E-state index in [9.17, 15) is 25.0 Å². The number of hydrogen-bond acceptors (Lipinski definition) is 7. The molecule has 0 bridgehead atoms. The Balaban J connectivity index is 2.23. The summed E-state index contributed by atoms with van der Waals surface area (Å²) in [4.78, 5) is 33.1. The second-order valence-corrected chi connectivity index (χ2v) is 5.74. The molecule has 0 heterocycles. The molecule has 0 aromatic heterocycles. The highest BCUT2D eigenvalue weighted by molar-refractivity contribution is 6.04. The Bertz CT molecular complexity index is 846. The molecule has 0 aliphatic carbocycles. The molecule has 1 amide bonds. The molecule has 0 atom stereocenters. The molecule has 10 nitrogen and oxygen atoms in total. The van der Waals surface area contributed by atoms with Crippen molar-refractivity contribution in [1.29, 1.82) is 0 Å². The number of nitrogens with one attached hydrogen (secondary N) is 1. The minimum Gasteiger partial charge on any atom is -0.494 e. The van der Waals surface area contributed by atoms with Crippen LogP contribution in [0.3, 0.4) is 0 Å². The molecule has 0 spiro atoms. The number of unbranched alkanes of at least 4 members (excludes halogenated alkanes) is 1. The second-order valence-electron chi connectivity index (χ2n) is 5.74. The largest absolute Gasteiger partial charge is 0.494 e. The summed E-state index contributed by atoms with van der Waals surface area (Å²) in [5.74, 6) is -0.448. The lowest BCUT2D eigenvalue weighted by Crippen LogP contribution is -2.12. The lowest BCUT2D eigenvalue weighted by molar-refractivity contribution is -0.395. The van der Waals surface area contributed by atoms with E-state index in [2.05, 4.69) is 5.32 Å². The number of nitro groups is 2. The standard InChI is InChI=1S/C18H19N3O7/c1-3-4-9-28-14-7-5-12(6-8-14)18(22)19-13-10-15(20(23)24)17(27-2)16(11-13)21(25)26/h5-8,10-11H,3-4,9H2,1-2H3,(H,19,22). The minimum absolute atomic E-state index is 0.0903. The van der Waals surface area contributed by atoms with Crippen molar-refractivity contribution in [3.05, 3.63) is 62.2 Å². The highest BCUT2D eigenvalue weighted by atomic mass is 16.6. The van der Waals surface area contributed by atoms with Crippen molar-refractivity contribution in [3.8, 4) is 11.5 Å². The molecule has 0 saturated heterocycles. The molecule has 2 rings (SSSR count). The van der Waals surface area contributed by atoms with E-state index >= 15 is 0 Å². The van der Waals surface area contributed by atoms with Gasteiger partial charge in [-0.3, -0.25) is 25.0 Å². The summed E-state index contributed by atoms with van der Waals surface area (Å²) in [7, 11) is 1.09. The molecule has 2 aromatic rings. The molecule has 10 heteroatoms. The molecule has 148 valence electrons. The first kappa shape index (κ1) is 20.6. The Kier molecular flexibility index (Phi) is 6.85. The molecule has 0 fully saturated rings. The monoisotopic (exact) mass is 389 g/mol. The Morgan fingerprint density at radius 2 is 1.64 bits per heavy atom. The Morgan fingerprint density at radius 1 is 1.07 bits per heavy atom. The van der Waals surface area contributed by atoms with Crippen LogP contribution < -0.4 is 14.8 Å². The number of amides is 1. The highest BCUT2D eigenvalue weighted by Gasteiger charge is 2.28. The van der Waals surface area contributed by atoms with E-state index in [1.165, 1.54) is 12.1 Å². The van der Waals surface area contributed by atoms with Crippen LogP contribution in [-0.2, 0) is 0 Å². The van der Waals surface area contributed by atoms with Crippen molar-refractivity contribution in [2.45, 2.75) is 19.8 Å². The van der Waals surface area contributed by atoms with Crippen molar-refractivity contribution >= 4 is 23.0 Å². The molecule has 28 heavy (non-hydrogen) atoms. The number of carbonyl (C=O) groups excluding carboxylic acids is 1. The number of hydrogen-bond donors (Lipinski definition) is 1. The number of nitrogens with zero attached hydrogens (tertiary/aromatic N) is 2. The predicted octanol–water partition coefficient (Wildman–Crippen LogP) is 3.94.